The van der Waals surface area contributed by atoms with Crippen LogP contribution in [0.2, 0.25) is 0 Å². The summed E-state index contributed by atoms with van der Waals surface area (Å²) in [4.78, 5) is 4.10. The predicted octanol–water partition coefficient (Wildman–Crippen LogP) is 2.39. The highest BCUT2D eigenvalue weighted by molar-refractivity contribution is 5.17. The minimum atomic E-state index is -0.516. The third-order valence-electron chi connectivity index (χ3n) is 1.82. The lowest BCUT2D eigenvalue weighted by Crippen LogP contribution is -2.00. The van der Waals surface area contributed by atoms with Crippen molar-refractivity contribution in [2.45, 2.75) is 26.4 Å². The lowest BCUT2D eigenvalue weighted by molar-refractivity contribution is 0.173. The molecule has 0 aliphatic heterocycles. The van der Waals surface area contributed by atoms with Crippen LogP contribution >= 0.6 is 0 Å². The number of hydrogen-bond donors (Lipinski definition) is 1. The van der Waals surface area contributed by atoms with Crippen molar-refractivity contribution in [2.24, 2.45) is 0 Å². The molecule has 1 unspecified atom stereocenters. The molecule has 0 saturated heterocycles. The van der Waals surface area contributed by atoms with E-state index in [1.165, 1.54) is 0 Å². The van der Waals surface area contributed by atoms with Crippen LogP contribution < -0.4 is 0 Å². The van der Waals surface area contributed by atoms with E-state index in [9.17, 15) is 5.11 Å². The third kappa shape index (κ3) is 2.99. The average Bonchev–Trinajstić information content (AvgIpc) is 2.03. The Morgan fingerprint density at radius 2 is 2.38 bits per heavy atom. The second kappa shape index (κ2) is 4.19. The van der Waals surface area contributed by atoms with Crippen molar-refractivity contribution in [1.82, 2.24) is 4.98 Å². The van der Waals surface area contributed by atoms with Gasteiger partial charge in [-0.15, -0.1) is 6.58 Å². The normalized spacial score (nSPS) is 12.5. The van der Waals surface area contributed by atoms with Crippen LogP contribution in [0, 0.1) is 6.92 Å². The van der Waals surface area contributed by atoms with Crippen molar-refractivity contribution in [1.29, 1.82) is 0 Å². The molecule has 0 bridgehead atoms. The Kier molecular flexibility index (Phi) is 3.20. The van der Waals surface area contributed by atoms with Crippen molar-refractivity contribution < 1.29 is 5.11 Å². The Morgan fingerprint density at radius 3 is 2.92 bits per heavy atom. The van der Waals surface area contributed by atoms with E-state index in [4.69, 9.17) is 0 Å². The second-order valence-electron chi connectivity index (χ2n) is 3.44. The van der Waals surface area contributed by atoms with Gasteiger partial charge in [0.05, 0.1) is 11.8 Å². The largest absolute Gasteiger partial charge is 0.386 e. The molecule has 0 spiro atoms. The van der Waals surface area contributed by atoms with Gasteiger partial charge in [0.25, 0.3) is 0 Å². The smallest absolute Gasteiger partial charge is 0.0996 e. The SMILES string of the molecule is C=C(C)CC(O)c1cc(C)ccn1. The van der Waals surface area contributed by atoms with Crippen LogP contribution in [-0.2, 0) is 0 Å². The molecule has 0 amide bonds. The van der Waals surface area contributed by atoms with E-state index in [1.807, 2.05) is 26.0 Å². The molecule has 1 N–H and O–H groups in total. The highest BCUT2D eigenvalue weighted by atomic mass is 16.3. The van der Waals surface area contributed by atoms with E-state index < -0.39 is 6.10 Å². The molecular formula is C11H15NO. The fourth-order valence-corrected chi connectivity index (χ4v) is 1.18. The van der Waals surface area contributed by atoms with Gasteiger partial charge in [0.2, 0.25) is 0 Å². The highest BCUT2D eigenvalue weighted by Crippen LogP contribution is 2.18. The summed E-state index contributed by atoms with van der Waals surface area (Å²) in [5.74, 6) is 0. The molecule has 0 aliphatic carbocycles. The molecule has 0 fully saturated rings. The number of aryl methyl sites for hydroxylation is 1. The first-order valence-electron chi connectivity index (χ1n) is 4.34. The molecule has 2 heteroatoms. The second-order valence-corrected chi connectivity index (χ2v) is 3.44. The number of pyridine rings is 1. The predicted molar refractivity (Wildman–Crippen MR) is 53.4 cm³/mol. The van der Waals surface area contributed by atoms with Gasteiger partial charge in [0.15, 0.2) is 0 Å². The molecule has 13 heavy (non-hydrogen) atoms. The summed E-state index contributed by atoms with van der Waals surface area (Å²) in [6.45, 7) is 7.64. The fraction of sp³-hybridized carbons (Fsp3) is 0.364. The summed E-state index contributed by atoms with van der Waals surface area (Å²) in [7, 11) is 0. The van der Waals surface area contributed by atoms with Gasteiger partial charge in [-0.25, -0.2) is 0 Å². The fourth-order valence-electron chi connectivity index (χ4n) is 1.18. The van der Waals surface area contributed by atoms with E-state index in [1.54, 1.807) is 6.20 Å². The number of aromatic nitrogens is 1. The minimum absolute atomic E-state index is 0.516. The lowest BCUT2D eigenvalue weighted by Gasteiger charge is -2.09. The van der Waals surface area contributed by atoms with Gasteiger partial charge in [-0.2, -0.15) is 0 Å². The van der Waals surface area contributed by atoms with Crippen LogP contribution in [0.15, 0.2) is 30.5 Å². The van der Waals surface area contributed by atoms with Crippen LogP contribution in [-0.4, -0.2) is 10.1 Å². The molecule has 1 rings (SSSR count). The van der Waals surface area contributed by atoms with E-state index in [2.05, 4.69) is 11.6 Å². The molecule has 1 aromatic rings. The van der Waals surface area contributed by atoms with Gasteiger partial charge < -0.3 is 5.11 Å². The van der Waals surface area contributed by atoms with Gasteiger partial charge in [0.1, 0.15) is 0 Å². The maximum atomic E-state index is 9.69. The van der Waals surface area contributed by atoms with Crippen LogP contribution in [0.3, 0.4) is 0 Å². The monoisotopic (exact) mass is 177 g/mol. The molecule has 0 radical (unpaired) electrons. The van der Waals surface area contributed by atoms with Crippen LogP contribution in [0.5, 0.6) is 0 Å². The molecule has 1 atom stereocenters. The summed E-state index contributed by atoms with van der Waals surface area (Å²) < 4.78 is 0. The van der Waals surface area contributed by atoms with Gasteiger partial charge in [-0.3, -0.25) is 4.98 Å². The van der Waals surface area contributed by atoms with Crippen LogP contribution in [0.1, 0.15) is 30.7 Å². The number of aliphatic hydroxyl groups is 1. The molecule has 1 heterocycles. The van der Waals surface area contributed by atoms with Crippen molar-refractivity contribution in [3.63, 3.8) is 0 Å². The first kappa shape index (κ1) is 9.93. The molecule has 1 aromatic heterocycles. The zero-order valence-corrected chi connectivity index (χ0v) is 8.12. The standard InChI is InChI=1S/C11H15NO/c1-8(2)6-11(13)10-7-9(3)4-5-12-10/h4-5,7,11,13H,1,6H2,2-3H3. The van der Waals surface area contributed by atoms with Crippen molar-refractivity contribution >= 4 is 0 Å². The Morgan fingerprint density at radius 1 is 1.69 bits per heavy atom. The minimum Gasteiger partial charge on any atom is -0.386 e. The lowest BCUT2D eigenvalue weighted by atomic mass is 10.1. The summed E-state index contributed by atoms with van der Waals surface area (Å²) in [6.07, 6.45) is 1.78. The third-order valence-corrected chi connectivity index (χ3v) is 1.82. The summed E-state index contributed by atoms with van der Waals surface area (Å²) in [5, 5.41) is 9.69. The summed E-state index contributed by atoms with van der Waals surface area (Å²) in [6, 6.07) is 3.81. The van der Waals surface area contributed by atoms with Gasteiger partial charge in [-0.05, 0) is 38.0 Å². The van der Waals surface area contributed by atoms with Crippen LogP contribution in [0.25, 0.3) is 0 Å². The number of nitrogens with zero attached hydrogens (tertiary/aromatic N) is 1. The molecular weight excluding hydrogens is 162 g/mol. The Labute approximate surface area is 78.9 Å². The number of hydrogen-bond acceptors (Lipinski definition) is 2. The number of rotatable bonds is 3. The number of aliphatic hydroxyl groups excluding tert-OH is 1. The zero-order valence-electron chi connectivity index (χ0n) is 8.12. The van der Waals surface area contributed by atoms with E-state index in [0.717, 1.165) is 16.8 Å². The molecule has 2 nitrogen and oxygen atoms in total. The van der Waals surface area contributed by atoms with E-state index >= 15 is 0 Å². The van der Waals surface area contributed by atoms with Crippen molar-refractivity contribution in [3.8, 4) is 0 Å². The Bertz CT molecular complexity index is 307. The van der Waals surface area contributed by atoms with E-state index in [0.29, 0.717) is 6.42 Å². The quantitative estimate of drug-likeness (QED) is 0.719. The summed E-state index contributed by atoms with van der Waals surface area (Å²) in [5.41, 5.74) is 2.81. The van der Waals surface area contributed by atoms with Crippen LogP contribution in [0.4, 0.5) is 0 Å². The van der Waals surface area contributed by atoms with Crippen molar-refractivity contribution in [2.75, 3.05) is 0 Å². The summed E-state index contributed by atoms with van der Waals surface area (Å²) >= 11 is 0. The van der Waals surface area contributed by atoms with Crippen molar-refractivity contribution in [3.05, 3.63) is 41.7 Å². The Hall–Kier alpha value is -1.15. The zero-order chi connectivity index (χ0) is 9.84. The first-order chi connectivity index (χ1) is 6.09. The highest BCUT2D eigenvalue weighted by Gasteiger charge is 2.08. The Balaban J connectivity index is 2.76. The van der Waals surface area contributed by atoms with E-state index in [-0.39, 0.29) is 0 Å². The van der Waals surface area contributed by atoms with Gasteiger partial charge in [0, 0.05) is 6.20 Å². The molecule has 0 saturated carbocycles. The van der Waals surface area contributed by atoms with Gasteiger partial charge in [-0.1, -0.05) is 5.57 Å². The molecule has 0 aliphatic rings. The van der Waals surface area contributed by atoms with Gasteiger partial charge >= 0.3 is 0 Å². The maximum Gasteiger partial charge on any atom is 0.0996 e. The topological polar surface area (TPSA) is 33.1 Å². The first-order valence-corrected chi connectivity index (χ1v) is 4.34. The maximum absolute atomic E-state index is 9.69. The average molecular weight is 177 g/mol. The molecule has 0 aromatic carbocycles. The molecule has 70 valence electrons.